The maximum atomic E-state index is 13.2. The second-order valence-electron chi connectivity index (χ2n) is 11.1. The van der Waals surface area contributed by atoms with Crippen molar-refractivity contribution in [3.05, 3.63) is 82.4 Å². The van der Waals surface area contributed by atoms with Gasteiger partial charge in [0.2, 0.25) is 0 Å². The predicted octanol–water partition coefficient (Wildman–Crippen LogP) is 7.62. The standard InChI is InChI=1S/C34H36F3N3O5S2/c1-21-17-26(10-12-28(21)45-22(2)33(41)42)46-20-31-27(38-32(47-31)23-5-7-24(8-6-23)34(35,36)37)19-39-13-15-40(16-14-39)25-9-11-29(43-3)30(18-25)44-4/h5-12,17-18,22H,13-16,19-20H2,1-4H3,(H,41,42). The molecule has 0 aliphatic carbocycles. The lowest BCUT2D eigenvalue weighted by Gasteiger charge is -2.36. The SMILES string of the molecule is COc1ccc(N2CCN(Cc3nc(-c4ccc(C(F)(F)F)cc4)sc3CSc3ccc(OC(C)C(=O)O)c(C)c3)CC2)cc1OC. The van der Waals surface area contributed by atoms with Crippen LogP contribution < -0.4 is 19.1 Å². The van der Waals surface area contributed by atoms with Crippen LogP contribution >= 0.6 is 23.1 Å². The third-order valence-corrected chi connectivity index (χ3v) is 10.2. The van der Waals surface area contributed by atoms with Crippen LogP contribution in [-0.2, 0) is 23.3 Å². The van der Waals surface area contributed by atoms with Gasteiger partial charge in [-0.05, 0) is 61.9 Å². The zero-order valence-corrected chi connectivity index (χ0v) is 28.1. The van der Waals surface area contributed by atoms with E-state index < -0.39 is 23.8 Å². The molecule has 0 saturated carbocycles. The summed E-state index contributed by atoms with van der Waals surface area (Å²) in [5, 5.41) is 9.86. The number of halogens is 3. The average molecular weight is 688 g/mol. The molecule has 2 heterocycles. The highest BCUT2D eigenvalue weighted by Gasteiger charge is 2.30. The summed E-state index contributed by atoms with van der Waals surface area (Å²) < 4.78 is 56.0. The summed E-state index contributed by atoms with van der Waals surface area (Å²) in [6, 6.07) is 16.7. The number of nitrogens with zero attached hydrogens (tertiary/aromatic N) is 3. The summed E-state index contributed by atoms with van der Waals surface area (Å²) >= 11 is 3.11. The molecule has 47 heavy (non-hydrogen) atoms. The summed E-state index contributed by atoms with van der Waals surface area (Å²) in [6.07, 6.45) is -5.37. The van der Waals surface area contributed by atoms with Crippen molar-refractivity contribution in [3.63, 3.8) is 0 Å². The molecule has 0 bridgehead atoms. The molecular weight excluding hydrogens is 652 g/mol. The maximum Gasteiger partial charge on any atom is 0.416 e. The van der Waals surface area contributed by atoms with Crippen LogP contribution in [0.2, 0.25) is 0 Å². The number of anilines is 1. The fourth-order valence-electron chi connectivity index (χ4n) is 5.18. The first-order valence-corrected chi connectivity index (χ1v) is 16.7. The Labute approximate surface area is 280 Å². The summed E-state index contributed by atoms with van der Waals surface area (Å²) in [7, 11) is 3.23. The highest BCUT2D eigenvalue weighted by molar-refractivity contribution is 7.98. The molecule has 8 nitrogen and oxygen atoms in total. The highest BCUT2D eigenvalue weighted by Crippen LogP contribution is 2.37. The number of carboxylic acids is 1. The number of hydrogen-bond donors (Lipinski definition) is 1. The molecule has 250 valence electrons. The number of piperazine rings is 1. The van der Waals surface area contributed by atoms with Crippen molar-refractivity contribution in [1.82, 2.24) is 9.88 Å². The molecule has 1 atom stereocenters. The Morgan fingerprint density at radius 3 is 2.28 bits per heavy atom. The summed E-state index contributed by atoms with van der Waals surface area (Å²) in [6.45, 7) is 7.21. The minimum absolute atomic E-state index is 0.513. The third kappa shape index (κ3) is 8.51. The fraction of sp³-hybridized carbons (Fsp3) is 0.353. The van der Waals surface area contributed by atoms with Crippen molar-refractivity contribution < 1.29 is 37.3 Å². The van der Waals surface area contributed by atoms with Crippen molar-refractivity contribution in [2.45, 2.75) is 43.3 Å². The number of alkyl halides is 3. The fourth-order valence-corrected chi connectivity index (χ4v) is 7.35. The summed E-state index contributed by atoms with van der Waals surface area (Å²) in [5.74, 6) is 1.45. The van der Waals surface area contributed by atoms with Gasteiger partial charge < -0.3 is 24.2 Å². The minimum atomic E-state index is -4.40. The van der Waals surface area contributed by atoms with Gasteiger partial charge in [-0.2, -0.15) is 13.2 Å². The van der Waals surface area contributed by atoms with Crippen LogP contribution in [-0.4, -0.2) is 67.5 Å². The third-order valence-electron chi connectivity index (χ3n) is 7.88. The number of rotatable bonds is 12. The number of carbonyl (C=O) groups is 1. The van der Waals surface area contributed by atoms with E-state index in [-0.39, 0.29) is 0 Å². The first-order valence-electron chi connectivity index (χ1n) is 14.9. The molecule has 1 fully saturated rings. The molecule has 1 aliphatic heterocycles. The molecular formula is C34H36F3N3O5S2. The van der Waals surface area contributed by atoms with E-state index in [4.69, 9.17) is 19.2 Å². The van der Waals surface area contributed by atoms with Crippen LogP contribution in [0.1, 0.15) is 28.6 Å². The second-order valence-corrected chi connectivity index (χ2v) is 13.2. The first kappa shape index (κ1) is 34.4. The van der Waals surface area contributed by atoms with Crippen LogP contribution in [0, 0.1) is 6.92 Å². The Morgan fingerprint density at radius 2 is 1.66 bits per heavy atom. The zero-order valence-electron chi connectivity index (χ0n) is 26.5. The van der Waals surface area contributed by atoms with Crippen molar-refractivity contribution >= 4 is 34.8 Å². The van der Waals surface area contributed by atoms with Gasteiger partial charge in [0.15, 0.2) is 17.6 Å². The molecule has 1 unspecified atom stereocenters. The number of thioether (sulfide) groups is 1. The van der Waals surface area contributed by atoms with Gasteiger partial charge in [-0.1, -0.05) is 12.1 Å². The topological polar surface area (TPSA) is 84.4 Å². The van der Waals surface area contributed by atoms with Gasteiger partial charge in [-0.15, -0.1) is 23.1 Å². The first-order chi connectivity index (χ1) is 22.4. The molecule has 1 aliphatic rings. The van der Waals surface area contributed by atoms with E-state index in [0.29, 0.717) is 40.1 Å². The molecule has 0 radical (unpaired) electrons. The van der Waals surface area contributed by atoms with Gasteiger partial charge >= 0.3 is 12.1 Å². The number of aliphatic carboxylic acids is 1. The largest absolute Gasteiger partial charge is 0.493 e. The van der Waals surface area contributed by atoms with Crippen molar-refractivity contribution in [2.24, 2.45) is 0 Å². The molecule has 1 N–H and O–H groups in total. The number of ether oxygens (including phenoxy) is 3. The van der Waals surface area contributed by atoms with Gasteiger partial charge in [0.25, 0.3) is 0 Å². The van der Waals surface area contributed by atoms with Crippen molar-refractivity contribution in [1.29, 1.82) is 0 Å². The quantitative estimate of drug-likeness (QED) is 0.151. The van der Waals surface area contributed by atoms with E-state index in [9.17, 15) is 23.1 Å². The summed E-state index contributed by atoms with van der Waals surface area (Å²) in [4.78, 5) is 22.8. The highest BCUT2D eigenvalue weighted by atomic mass is 32.2. The van der Waals surface area contributed by atoms with Crippen LogP contribution in [0.3, 0.4) is 0 Å². The zero-order chi connectivity index (χ0) is 33.7. The van der Waals surface area contributed by atoms with E-state index in [1.165, 1.54) is 30.4 Å². The average Bonchev–Trinajstić information content (AvgIpc) is 3.46. The minimum Gasteiger partial charge on any atom is -0.493 e. The van der Waals surface area contributed by atoms with Crippen LogP contribution in [0.15, 0.2) is 65.6 Å². The number of hydrogen-bond acceptors (Lipinski definition) is 9. The van der Waals surface area contributed by atoms with Gasteiger partial charge in [0.05, 0.1) is 25.5 Å². The Kier molecular flexibility index (Phi) is 10.9. The van der Waals surface area contributed by atoms with E-state index >= 15 is 0 Å². The van der Waals surface area contributed by atoms with Gasteiger partial charge in [-0.3, -0.25) is 4.90 Å². The maximum absolute atomic E-state index is 13.2. The second kappa shape index (κ2) is 14.9. The van der Waals surface area contributed by atoms with Gasteiger partial charge in [-0.25, -0.2) is 9.78 Å². The monoisotopic (exact) mass is 687 g/mol. The van der Waals surface area contributed by atoms with Gasteiger partial charge in [0.1, 0.15) is 10.8 Å². The molecule has 0 spiro atoms. The number of carboxylic acid groups (broad SMARTS) is 1. The Balaban J connectivity index is 1.32. The molecule has 13 heteroatoms. The lowest BCUT2D eigenvalue weighted by molar-refractivity contribution is -0.144. The lowest BCUT2D eigenvalue weighted by Crippen LogP contribution is -2.46. The number of methoxy groups -OCH3 is 2. The van der Waals surface area contributed by atoms with Crippen LogP contribution in [0.4, 0.5) is 18.9 Å². The number of aryl methyl sites for hydroxylation is 1. The van der Waals surface area contributed by atoms with Crippen molar-refractivity contribution in [3.8, 4) is 27.8 Å². The Bertz CT molecular complexity index is 1690. The number of benzene rings is 3. The van der Waals surface area contributed by atoms with E-state index in [1.807, 2.05) is 37.3 Å². The van der Waals surface area contributed by atoms with Gasteiger partial charge in [0, 0.05) is 65.6 Å². The molecule has 4 aromatic rings. The van der Waals surface area contributed by atoms with Crippen LogP contribution in [0.5, 0.6) is 17.2 Å². The predicted molar refractivity (Wildman–Crippen MR) is 178 cm³/mol. The molecule has 1 saturated heterocycles. The smallest absolute Gasteiger partial charge is 0.416 e. The van der Waals surface area contributed by atoms with Crippen LogP contribution in [0.25, 0.3) is 10.6 Å². The Morgan fingerprint density at radius 1 is 0.979 bits per heavy atom. The Hall–Kier alpha value is -3.94. The lowest BCUT2D eigenvalue weighted by atomic mass is 10.1. The van der Waals surface area contributed by atoms with Crippen molar-refractivity contribution in [2.75, 3.05) is 45.3 Å². The van der Waals surface area contributed by atoms with E-state index in [1.54, 1.807) is 32.0 Å². The molecule has 5 rings (SSSR count). The number of aromatic nitrogens is 1. The van der Waals surface area contributed by atoms with E-state index in [0.717, 1.165) is 65.0 Å². The summed E-state index contributed by atoms with van der Waals surface area (Å²) in [5.41, 5.74) is 2.74. The number of thiazole rings is 1. The molecule has 0 amide bonds. The van der Waals surface area contributed by atoms with E-state index in [2.05, 4.69) is 9.80 Å². The molecule has 3 aromatic carbocycles. The molecule has 1 aromatic heterocycles. The normalized spacial score (nSPS) is 14.6.